The summed E-state index contributed by atoms with van der Waals surface area (Å²) in [6.45, 7) is 3.34. The molecule has 1 saturated heterocycles. The van der Waals surface area contributed by atoms with E-state index in [1.165, 1.54) is 0 Å². The van der Waals surface area contributed by atoms with Gasteiger partial charge >= 0.3 is 0 Å². The Kier molecular flexibility index (Phi) is 6.36. The summed E-state index contributed by atoms with van der Waals surface area (Å²) in [4.78, 5) is 15.5. The van der Waals surface area contributed by atoms with Gasteiger partial charge in [-0.15, -0.1) is 20.5 Å². The van der Waals surface area contributed by atoms with Gasteiger partial charge in [0, 0.05) is 25.5 Å². The van der Waals surface area contributed by atoms with E-state index in [1.54, 1.807) is 16.4 Å². The molecule has 0 spiro atoms. The molecule has 6 rings (SSSR count). The van der Waals surface area contributed by atoms with E-state index in [2.05, 4.69) is 25.4 Å². The SMILES string of the molecule is Cc1c(N=N/C2=C(\N3CCCCC3)N=Nc3ccc4ccccc4c3OC2=N)c(=O)n(-c2ccccc2)n1C. The van der Waals surface area contributed by atoms with Crippen molar-refractivity contribution in [3.63, 3.8) is 0 Å². The Morgan fingerprint density at radius 1 is 0.897 bits per heavy atom. The molecule has 0 unspecified atom stereocenters. The number of nitrogens with zero attached hydrogens (tertiary/aromatic N) is 7. The minimum Gasteiger partial charge on any atom is -0.434 e. The van der Waals surface area contributed by atoms with Crippen LogP contribution in [0.15, 0.2) is 103 Å². The molecule has 0 atom stereocenters. The summed E-state index contributed by atoms with van der Waals surface area (Å²) in [5.41, 5.74) is 1.92. The van der Waals surface area contributed by atoms with Gasteiger partial charge in [0.05, 0.1) is 11.4 Å². The molecule has 1 fully saturated rings. The minimum atomic E-state index is -0.304. The molecule has 1 N–H and O–H groups in total. The molecule has 3 heterocycles. The maximum absolute atomic E-state index is 13.4. The zero-order valence-electron chi connectivity index (χ0n) is 21.8. The molecule has 10 heteroatoms. The van der Waals surface area contributed by atoms with Crippen molar-refractivity contribution in [3.8, 4) is 11.4 Å². The van der Waals surface area contributed by atoms with Crippen LogP contribution in [0.5, 0.6) is 5.75 Å². The van der Waals surface area contributed by atoms with E-state index in [0.717, 1.165) is 48.8 Å². The molecule has 0 bridgehead atoms. The second-order valence-corrected chi connectivity index (χ2v) is 9.60. The second-order valence-electron chi connectivity index (χ2n) is 9.60. The first-order valence-corrected chi connectivity index (χ1v) is 13.0. The standard InChI is InChI=1S/C29H28N8O2/c1-19-24(29(38)37(35(19)2)21-12-5-3-6-13-21)32-33-25-27(30)39-26-22-14-8-7-11-20(22)15-16-23(26)31-34-28(25)36-17-9-4-10-18-36/h3,5-8,11-16,30H,4,9-10,17-18H2,1-2H3/b28-25-,30-27?,33-32?,34-31?. The number of benzene rings is 3. The highest BCUT2D eigenvalue weighted by Crippen LogP contribution is 2.39. The summed E-state index contributed by atoms with van der Waals surface area (Å²) in [5.74, 6) is 0.654. The van der Waals surface area contributed by atoms with Crippen molar-refractivity contribution in [2.45, 2.75) is 26.2 Å². The van der Waals surface area contributed by atoms with Crippen LogP contribution in [0.25, 0.3) is 16.5 Å². The summed E-state index contributed by atoms with van der Waals surface area (Å²) < 4.78 is 9.43. The van der Waals surface area contributed by atoms with Crippen molar-refractivity contribution in [2.24, 2.45) is 27.5 Å². The van der Waals surface area contributed by atoms with Gasteiger partial charge in [-0.3, -0.25) is 14.9 Å². The lowest BCUT2D eigenvalue weighted by Gasteiger charge is -2.29. The summed E-state index contributed by atoms with van der Waals surface area (Å²) in [6.07, 6.45) is 3.12. The fourth-order valence-electron chi connectivity index (χ4n) is 5.00. The predicted octanol–water partition coefficient (Wildman–Crippen LogP) is 6.53. The lowest BCUT2D eigenvalue weighted by atomic mass is 10.1. The average Bonchev–Trinajstić information content (AvgIpc) is 3.18. The van der Waals surface area contributed by atoms with Crippen molar-refractivity contribution >= 4 is 28.0 Å². The quantitative estimate of drug-likeness (QED) is 0.309. The highest BCUT2D eigenvalue weighted by Gasteiger charge is 2.26. The first kappa shape index (κ1) is 24.5. The van der Waals surface area contributed by atoms with Crippen molar-refractivity contribution in [2.75, 3.05) is 13.1 Å². The van der Waals surface area contributed by atoms with Crippen LogP contribution in [0.2, 0.25) is 0 Å². The van der Waals surface area contributed by atoms with E-state index >= 15 is 0 Å². The first-order valence-electron chi connectivity index (χ1n) is 13.0. The zero-order chi connectivity index (χ0) is 26.9. The fourth-order valence-corrected chi connectivity index (χ4v) is 5.00. The normalized spacial score (nSPS) is 17.8. The summed E-state index contributed by atoms with van der Waals surface area (Å²) in [5, 5.41) is 28.7. The molecule has 2 aliphatic heterocycles. The van der Waals surface area contributed by atoms with E-state index in [4.69, 9.17) is 10.1 Å². The van der Waals surface area contributed by atoms with Crippen LogP contribution < -0.4 is 10.3 Å². The topological polar surface area (TPSA) is 113 Å². The minimum absolute atomic E-state index is 0.133. The van der Waals surface area contributed by atoms with Gasteiger partial charge in [0.2, 0.25) is 5.90 Å². The molecule has 0 amide bonds. The number of para-hydroxylation sites is 1. The summed E-state index contributed by atoms with van der Waals surface area (Å²) in [7, 11) is 1.80. The average molecular weight is 521 g/mol. The van der Waals surface area contributed by atoms with E-state index in [9.17, 15) is 4.79 Å². The van der Waals surface area contributed by atoms with Crippen molar-refractivity contribution in [3.05, 3.63) is 94.3 Å². The molecule has 0 radical (unpaired) electrons. The molecule has 4 aromatic rings. The smallest absolute Gasteiger partial charge is 0.299 e. The van der Waals surface area contributed by atoms with Crippen LogP contribution in [0.3, 0.4) is 0 Å². The van der Waals surface area contributed by atoms with E-state index in [1.807, 2.05) is 73.7 Å². The van der Waals surface area contributed by atoms with Gasteiger partial charge in [-0.2, -0.15) is 0 Å². The fraction of sp³-hybridized carbons (Fsp3) is 0.241. The maximum atomic E-state index is 13.4. The number of likely N-dealkylation sites (tertiary alicyclic amines) is 1. The highest BCUT2D eigenvalue weighted by molar-refractivity contribution is 5.99. The van der Waals surface area contributed by atoms with Crippen LogP contribution in [0, 0.1) is 12.3 Å². The third-order valence-electron chi connectivity index (χ3n) is 7.17. The number of aromatic nitrogens is 2. The van der Waals surface area contributed by atoms with Gasteiger partial charge in [-0.1, -0.05) is 48.5 Å². The maximum Gasteiger partial charge on any atom is 0.299 e. The number of ether oxygens (including phenoxy) is 1. The Morgan fingerprint density at radius 3 is 2.44 bits per heavy atom. The first-order chi connectivity index (χ1) is 19.0. The molecule has 1 aromatic heterocycles. The third-order valence-corrected chi connectivity index (χ3v) is 7.17. The Bertz CT molecular complexity index is 1720. The molecule has 10 nitrogen and oxygen atoms in total. The molecule has 2 aliphatic rings. The Labute approximate surface area is 225 Å². The van der Waals surface area contributed by atoms with Gasteiger partial charge in [0.15, 0.2) is 23.0 Å². The van der Waals surface area contributed by atoms with Gasteiger partial charge in [0.25, 0.3) is 5.56 Å². The molecule has 39 heavy (non-hydrogen) atoms. The number of rotatable bonds is 4. The van der Waals surface area contributed by atoms with Crippen LogP contribution in [-0.2, 0) is 7.05 Å². The van der Waals surface area contributed by atoms with E-state index in [0.29, 0.717) is 23.0 Å². The summed E-state index contributed by atoms with van der Waals surface area (Å²) >= 11 is 0. The van der Waals surface area contributed by atoms with Crippen LogP contribution in [0.4, 0.5) is 11.4 Å². The Balaban J connectivity index is 1.47. The van der Waals surface area contributed by atoms with Gasteiger partial charge in [-0.05, 0) is 49.8 Å². The molecule has 196 valence electrons. The van der Waals surface area contributed by atoms with Gasteiger partial charge < -0.3 is 9.64 Å². The van der Waals surface area contributed by atoms with Gasteiger partial charge in [-0.25, -0.2) is 4.68 Å². The van der Waals surface area contributed by atoms with Crippen LogP contribution in [0.1, 0.15) is 25.0 Å². The van der Waals surface area contributed by atoms with Crippen molar-refractivity contribution < 1.29 is 4.74 Å². The van der Waals surface area contributed by atoms with Crippen LogP contribution >= 0.6 is 0 Å². The zero-order valence-corrected chi connectivity index (χ0v) is 21.8. The van der Waals surface area contributed by atoms with Crippen LogP contribution in [-0.4, -0.2) is 33.3 Å². The largest absolute Gasteiger partial charge is 0.434 e. The number of hydrogen-bond acceptors (Lipinski definition) is 8. The number of nitrogens with one attached hydrogen (secondary N) is 1. The number of hydrogen-bond donors (Lipinski definition) is 1. The monoisotopic (exact) mass is 520 g/mol. The Morgan fingerprint density at radius 2 is 1.64 bits per heavy atom. The lowest BCUT2D eigenvalue weighted by Crippen LogP contribution is -2.30. The van der Waals surface area contributed by atoms with Crippen molar-refractivity contribution in [1.82, 2.24) is 14.3 Å². The van der Waals surface area contributed by atoms with E-state index < -0.39 is 0 Å². The highest BCUT2D eigenvalue weighted by atomic mass is 16.5. The molecular formula is C29H28N8O2. The number of azo groups is 2. The van der Waals surface area contributed by atoms with Gasteiger partial charge in [0.1, 0.15) is 5.69 Å². The Hall–Kier alpha value is -4.86. The summed E-state index contributed by atoms with van der Waals surface area (Å²) in [6, 6.07) is 20.9. The lowest BCUT2D eigenvalue weighted by molar-refractivity contribution is 0.277. The molecular weight excluding hydrogens is 492 g/mol. The molecule has 0 aliphatic carbocycles. The molecule has 3 aromatic carbocycles. The third kappa shape index (κ3) is 4.43. The second kappa shape index (κ2) is 10.1. The van der Waals surface area contributed by atoms with E-state index in [-0.39, 0.29) is 22.8 Å². The predicted molar refractivity (Wildman–Crippen MR) is 150 cm³/mol. The number of piperidine rings is 1. The number of fused-ring (bicyclic) bond motifs is 3. The molecule has 0 saturated carbocycles. The van der Waals surface area contributed by atoms with Crippen molar-refractivity contribution in [1.29, 1.82) is 5.41 Å².